The molecule has 21 heavy (non-hydrogen) atoms. The lowest BCUT2D eigenvalue weighted by Crippen LogP contribution is -2.21. The maximum Gasteiger partial charge on any atom is 0.358 e. The van der Waals surface area contributed by atoms with Crippen molar-refractivity contribution in [3.8, 4) is 0 Å². The largest absolute Gasteiger partial charge is 0.464 e. The molecule has 7 nitrogen and oxygen atoms in total. The first-order valence-electron chi connectivity index (χ1n) is 6.93. The lowest BCUT2D eigenvalue weighted by molar-refractivity contribution is 0.0563. The number of carbonyl (C=O) groups is 2. The van der Waals surface area contributed by atoms with Crippen LogP contribution in [0.4, 0.5) is 0 Å². The number of carbonyl (C=O) groups excluding carboxylic acids is 2. The molecule has 1 spiro atoms. The zero-order chi connectivity index (χ0) is 15.0. The summed E-state index contributed by atoms with van der Waals surface area (Å²) in [6.07, 6.45) is 3.40. The summed E-state index contributed by atoms with van der Waals surface area (Å²) in [7, 11) is 2.57. The smallest absolute Gasteiger partial charge is 0.358 e. The zero-order valence-corrected chi connectivity index (χ0v) is 12.1. The van der Waals surface area contributed by atoms with Crippen molar-refractivity contribution >= 4 is 11.9 Å². The van der Waals surface area contributed by atoms with Crippen molar-refractivity contribution in [3.63, 3.8) is 0 Å². The summed E-state index contributed by atoms with van der Waals surface area (Å²) < 4.78 is 16.6. The maximum absolute atomic E-state index is 11.8. The number of rotatable bonds is 4. The third kappa shape index (κ3) is 2.65. The Labute approximate surface area is 122 Å². The van der Waals surface area contributed by atoms with Crippen LogP contribution < -0.4 is 0 Å². The molecule has 1 saturated carbocycles. The van der Waals surface area contributed by atoms with Crippen molar-refractivity contribution in [1.82, 2.24) is 9.78 Å². The van der Waals surface area contributed by atoms with E-state index in [-0.39, 0.29) is 17.5 Å². The Morgan fingerprint density at radius 2 is 2.10 bits per heavy atom. The highest BCUT2D eigenvalue weighted by Gasteiger charge is 2.49. The third-order valence-electron chi connectivity index (χ3n) is 4.19. The molecule has 3 rings (SSSR count). The van der Waals surface area contributed by atoms with Crippen molar-refractivity contribution in [3.05, 3.63) is 17.5 Å². The van der Waals surface area contributed by atoms with Crippen LogP contribution >= 0.6 is 0 Å². The Morgan fingerprint density at radius 1 is 1.38 bits per heavy atom. The van der Waals surface area contributed by atoms with E-state index in [2.05, 4.69) is 9.84 Å². The van der Waals surface area contributed by atoms with E-state index in [1.165, 1.54) is 37.8 Å². The fourth-order valence-corrected chi connectivity index (χ4v) is 2.76. The highest BCUT2D eigenvalue weighted by molar-refractivity contribution is 5.93. The van der Waals surface area contributed by atoms with E-state index in [1.54, 1.807) is 0 Å². The first-order chi connectivity index (χ1) is 10.1. The van der Waals surface area contributed by atoms with Crippen LogP contribution in [0.25, 0.3) is 0 Å². The predicted molar refractivity (Wildman–Crippen MR) is 70.9 cm³/mol. The Morgan fingerprint density at radius 3 is 2.67 bits per heavy atom. The van der Waals surface area contributed by atoms with Gasteiger partial charge in [0.2, 0.25) is 0 Å². The van der Waals surface area contributed by atoms with Gasteiger partial charge in [0.1, 0.15) is 5.69 Å². The average Bonchev–Trinajstić information content (AvgIpc) is 2.94. The standard InChI is InChI=1S/C14H18N2O5/c1-19-12(17)10-5-11(13(18)20-2)16(15-10)7-9-6-14(3-4-14)8-21-9/h5,9H,3-4,6-8H2,1-2H3. The quantitative estimate of drug-likeness (QED) is 0.772. The van der Waals surface area contributed by atoms with Crippen molar-refractivity contribution in [1.29, 1.82) is 0 Å². The highest BCUT2D eigenvalue weighted by atomic mass is 16.5. The average molecular weight is 294 g/mol. The molecule has 1 aliphatic carbocycles. The van der Waals surface area contributed by atoms with Crippen molar-refractivity contribution in [2.24, 2.45) is 5.41 Å². The minimum Gasteiger partial charge on any atom is -0.464 e. The summed E-state index contributed by atoms with van der Waals surface area (Å²) in [5.74, 6) is -1.11. The molecular weight excluding hydrogens is 276 g/mol. The van der Waals surface area contributed by atoms with Gasteiger partial charge in [-0.15, -0.1) is 0 Å². The van der Waals surface area contributed by atoms with Crippen LogP contribution in [0.5, 0.6) is 0 Å². The summed E-state index contributed by atoms with van der Waals surface area (Å²) in [6.45, 7) is 1.21. The summed E-state index contributed by atoms with van der Waals surface area (Å²) in [6, 6.07) is 1.39. The van der Waals surface area contributed by atoms with E-state index in [0.717, 1.165) is 13.0 Å². The second-order valence-corrected chi connectivity index (χ2v) is 5.72. The minimum atomic E-state index is -0.579. The molecule has 0 amide bonds. The van der Waals surface area contributed by atoms with E-state index < -0.39 is 11.9 Å². The molecule has 0 bridgehead atoms. The topological polar surface area (TPSA) is 79.7 Å². The van der Waals surface area contributed by atoms with Gasteiger partial charge in [0.25, 0.3) is 0 Å². The van der Waals surface area contributed by atoms with Gasteiger partial charge in [-0.25, -0.2) is 9.59 Å². The van der Waals surface area contributed by atoms with Crippen LogP contribution in [0, 0.1) is 5.41 Å². The zero-order valence-electron chi connectivity index (χ0n) is 12.1. The number of nitrogens with zero attached hydrogens (tertiary/aromatic N) is 2. The SMILES string of the molecule is COC(=O)c1cc(C(=O)OC)n(CC2CC3(CC3)CO2)n1. The van der Waals surface area contributed by atoms with E-state index >= 15 is 0 Å². The first kappa shape index (κ1) is 14.1. The van der Waals surface area contributed by atoms with Gasteiger partial charge < -0.3 is 14.2 Å². The Bertz CT molecular complexity index is 576. The molecule has 0 aromatic carbocycles. The van der Waals surface area contributed by atoms with Crippen LogP contribution in [-0.2, 0) is 20.8 Å². The first-order valence-corrected chi connectivity index (χ1v) is 6.93. The molecule has 0 radical (unpaired) electrons. The maximum atomic E-state index is 11.8. The van der Waals surface area contributed by atoms with Gasteiger partial charge in [-0.2, -0.15) is 5.10 Å². The van der Waals surface area contributed by atoms with Crippen LogP contribution in [0.1, 0.15) is 40.2 Å². The minimum absolute atomic E-state index is 0.0151. The number of methoxy groups -OCH3 is 2. The number of ether oxygens (including phenoxy) is 3. The molecule has 2 aliphatic rings. The lowest BCUT2D eigenvalue weighted by atomic mass is 10.0. The molecular formula is C14H18N2O5. The van der Waals surface area contributed by atoms with Gasteiger partial charge in [-0.05, 0) is 24.7 Å². The predicted octanol–water partition coefficient (Wildman–Crippen LogP) is 1.03. The van der Waals surface area contributed by atoms with E-state index in [9.17, 15) is 9.59 Å². The molecule has 1 aliphatic heterocycles. The second kappa shape index (κ2) is 5.14. The molecule has 0 N–H and O–H groups in total. The van der Waals surface area contributed by atoms with Gasteiger partial charge in [0.05, 0.1) is 33.5 Å². The summed E-state index contributed by atoms with van der Waals surface area (Å²) in [5, 5.41) is 4.14. The van der Waals surface area contributed by atoms with E-state index in [4.69, 9.17) is 9.47 Å². The number of hydrogen-bond donors (Lipinski definition) is 0. The Kier molecular flexibility index (Phi) is 3.44. The molecule has 2 heterocycles. The molecule has 1 unspecified atom stereocenters. The number of esters is 2. The van der Waals surface area contributed by atoms with Crippen LogP contribution in [-0.4, -0.2) is 48.6 Å². The van der Waals surface area contributed by atoms with Crippen molar-refractivity contribution in [2.45, 2.75) is 31.9 Å². The normalized spacial score (nSPS) is 22.3. The summed E-state index contributed by atoms with van der Waals surface area (Å²) >= 11 is 0. The van der Waals surface area contributed by atoms with Gasteiger partial charge in [-0.3, -0.25) is 4.68 Å². The summed E-state index contributed by atoms with van der Waals surface area (Å²) in [5.41, 5.74) is 0.685. The Hall–Kier alpha value is -1.89. The lowest BCUT2D eigenvalue weighted by Gasteiger charge is -2.11. The molecule has 1 aromatic heterocycles. The molecule has 1 atom stereocenters. The molecule has 1 saturated heterocycles. The van der Waals surface area contributed by atoms with Gasteiger partial charge in [-0.1, -0.05) is 0 Å². The summed E-state index contributed by atoms with van der Waals surface area (Å²) in [4.78, 5) is 23.4. The molecule has 2 fully saturated rings. The second-order valence-electron chi connectivity index (χ2n) is 5.72. The van der Waals surface area contributed by atoms with Crippen LogP contribution in [0.3, 0.4) is 0 Å². The Balaban J connectivity index is 1.80. The van der Waals surface area contributed by atoms with Gasteiger partial charge in [0.15, 0.2) is 5.69 Å². The fraction of sp³-hybridized carbons (Fsp3) is 0.643. The van der Waals surface area contributed by atoms with Crippen LogP contribution in [0.2, 0.25) is 0 Å². The fourth-order valence-electron chi connectivity index (χ4n) is 2.76. The number of aromatic nitrogens is 2. The highest BCUT2D eigenvalue weighted by Crippen LogP contribution is 2.53. The van der Waals surface area contributed by atoms with Gasteiger partial charge in [0, 0.05) is 6.07 Å². The number of hydrogen-bond acceptors (Lipinski definition) is 6. The molecule has 7 heteroatoms. The van der Waals surface area contributed by atoms with Gasteiger partial charge >= 0.3 is 11.9 Å². The monoisotopic (exact) mass is 294 g/mol. The molecule has 1 aromatic rings. The van der Waals surface area contributed by atoms with Crippen molar-refractivity contribution < 1.29 is 23.8 Å². The third-order valence-corrected chi connectivity index (χ3v) is 4.19. The van der Waals surface area contributed by atoms with E-state index in [1.807, 2.05) is 0 Å². The van der Waals surface area contributed by atoms with E-state index in [0.29, 0.717) is 12.0 Å². The van der Waals surface area contributed by atoms with Crippen LogP contribution in [0.15, 0.2) is 6.07 Å². The van der Waals surface area contributed by atoms with Crippen molar-refractivity contribution in [2.75, 3.05) is 20.8 Å². The molecule has 114 valence electrons.